The second-order valence-corrected chi connectivity index (χ2v) is 14.8. The van der Waals surface area contributed by atoms with Crippen LogP contribution in [0.2, 0.25) is 16.6 Å². The minimum atomic E-state index is -2.19. The average molecular weight is 443 g/mol. The van der Waals surface area contributed by atoms with Crippen molar-refractivity contribution in [2.45, 2.75) is 82.6 Å². The van der Waals surface area contributed by atoms with Crippen molar-refractivity contribution in [3.05, 3.63) is 28.2 Å². The highest BCUT2D eigenvalue weighted by molar-refractivity contribution is 9.10. The summed E-state index contributed by atoms with van der Waals surface area (Å²) in [6.07, 6.45) is -0.544. The molecule has 0 saturated carbocycles. The van der Waals surface area contributed by atoms with Gasteiger partial charge in [-0.15, -0.1) is 0 Å². The molecular weight excluding hydrogens is 412 g/mol. The minimum Gasteiger partial charge on any atom is -0.456 e. The molecule has 146 valence electrons. The van der Waals surface area contributed by atoms with Gasteiger partial charge in [-0.25, -0.2) is 0 Å². The van der Waals surface area contributed by atoms with Gasteiger partial charge >= 0.3 is 0 Å². The fourth-order valence-electron chi connectivity index (χ4n) is 4.99. The Hall–Kier alpha value is -0.403. The quantitative estimate of drug-likeness (QED) is 0.606. The number of hydrogen-bond donors (Lipinski definition) is 1. The van der Waals surface area contributed by atoms with Gasteiger partial charge < -0.3 is 19.0 Å². The van der Waals surface area contributed by atoms with Gasteiger partial charge in [0.15, 0.2) is 0 Å². The summed E-state index contributed by atoms with van der Waals surface area (Å²) in [6.45, 7) is 14.1. The lowest BCUT2D eigenvalue weighted by Gasteiger charge is -2.46. The third kappa shape index (κ3) is 2.98. The summed E-state index contributed by atoms with van der Waals surface area (Å²) in [7, 11) is -2.19. The van der Waals surface area contributed by atoms with Gasteiger partial charge in [0.05, 0.1) is 6.61 Å². The van der Waals surface area contributed by atoms with Crippen LogP contribution in [0.3, 0.4) is 0 Å². The van der Waals surface area contributed by atoms with Crippen LogP contribution >= 0.6 is 15.9 Å². The summed E-state index contributed by atoms with van der Waals surface area (Å²) < 4.78 is 20.3. The zero-order chi connectivity index (χ0) is 19.3. The number of benzene rings is 1. The molecule has 1 saturated heterocycles. The Balaban J connectivity index is 2.11. The van der Waals surface area contributed by atoms with Crippen molar-refractivity contribution in [2.75, 3.05) is 6.61 Å². The van der Waals surface area contributed by atoms with Gasteiger partial charge in [-0.1, -0.05) is 57.5 Å². The van der Waals surface area contributed by atoms with Crippen molar-refractivity contribution in [1.29, 1.82) is 0 Å². The zero-order valence-electron chi connectivity index (χ0n) is 16.6. The first-order valence-electron chi connectivity index (χ1n) is 9.63. The lowest BCUT2D eigenvalue weighted by molar-refractivity contribution is -0.230. The van der Waals surface area contributed by atoms with E-state index in [-0.39, 0.29) is 0 Å². The van der Waals surface area contributed by atoms with Crippen LogP contribution in [-0.2, 0) is 9.16 Å². The molecule has 2 aliphatic heterocycles. The van der Waals surface area contributed by atoms with E-state index in [1.807, 2.05) is 18.2 Å². The van der Waals surface area contributed by atoms with Crippen LogP contribution in [0.5, 0.6) is 5.75 Å². The van der Waals surface area contributed by atoms with Crippen molar-refractivity contribution in [3.63, 3.8) is 0 Å². The molecule has 1 fully saturated rings. The Kier molecular flexibility index (Phi) is 5.64. The van der Waals surface area contributed by atoms with E-state index < -0.39 is 26.3 Å². The Bertz CT molecular complexity index is 641. The highest BCUT2D eigenvalue weighted by Crippen LogP contribution is 2.55. The number of hydrogen-bond acceptors (Lipinski definition) is 4. The molecule has 2 heterocycles. The molecule has 0 unspecified atom stereocenters. The lowest BCUT2D eigenvalue weighted by atomic mass is 9.99. The third-order valence-corrected chi connectivity index (χ3v) is 12.7. The first kappa shape index (κ1) is 20.3. The molecule has 0 aromatic heterocycles. The molecule has 3 rings (SSSR count). The van der Waals surface area contributed by atoms with Gasteiger partial charge in [0.1, 0.15) is 18.0 Å². The monoisotopic (exact) mass is 442 g/mol. The fourth-order valence-corrected chi connectivity index (χ4v) is 10.9. The van der Waals surface area contributed by atoms with E-state index in [4.69, 9.17) is 13.9 Å². The number of aliphatic hydroxyl groups is 1. The molecule has 6 heteroatoms. The van der Waals surface area contributed by atoms with E-state index in [0.717, 1.165) is 15.8 Å². The van der Waals surface area contributed by atoms with Crippen LogP contribution in [-0.4, -0.2) is 31.9 Å². The number of rotatable bonds is 5. The summed E-state index contributed by atoms with van der Waals surface area (Å²) in [6, 6.07) is 5.93. The van der Waals surface area contributed by atoms with Crippen LogP contribution in [0.15, 0.2) is 22.7 Å². The lowest BCUT2D eigenvalue weighted by Crippen LogP contribution is -2.55. The average Bonchev–Trinajstić information content (AvgIpc) is 3.05. The molecule has 3 atom stereocenters. The zero-order valence-corrected chi connectivity index (χ0v) is 19.2. The molecule has 4 nitrogen and oxygen atoms in total. The molecule has 0 radical (unpaired) electrons. The Labute approximate surface area is 166 Å². The van der Waals surface area contributed by atoms with Crippen molar-refractivity contribution in [3.8, 4) is 5.75 Å². The second-order valence-electron chi connectivity index (χ2n) is 8.47. The van der Waals surface area contributed by atoms with E-state index in [9.17, 15) is 5.11 Å². The molecule has 0 bridgehead atoms. The van der Waals surface area contributed by atoms with Gasteiger partial charge in [-0.3, -0.25) is 0 Å². The van der Waals surface area contributed by atoms with Crippen LogP contribution in [0.25, 0.3) is 0 Å². The molecule has 1 spiro atoms. The van der Waals surface area contributed by atoms with Crippen molar-refractivity contribution in [1.82, 2.24) is 0 Å². The molecular formula is C20H31BrO4Si. The minimum absolute atomic E-state index is 0.411. The van der Waals surface area contributed by atoms with Crippen LogP contribution in [0.4, 0.5) is 0 Å². The number of aliphatic hydroxyl groups excluding tert-OH is 1. The maximum atomic E-state index is 10.8. The molecule has 2 aliphatic rings. The molecule has 0 aliphatic carbocycles. The van der Waals surface area contributed by atoms with Gasteiger partial charge in [0.25, 0.3) is 5.79 Å². The number of ether oxygens (including phenoxy) is 2. The summed E-state index contributed by atoms with van der Waals surface area (Å²) in [5.41, 5.74) is 2.29. The first-order chi connectivity index (χ1) is 12.1. The van der Waals surface area contributed by atoms with Gasteiger partial charge in [0.2, 0.25) is 8.32 Å². The molecule has 0 amide bonds. The summed E-state index contributed by atoms with van der Waals surface area (Å²) in [5.74, 6) is -0.377. The van der Waals surface area contributed by atoms with Crippen molar-refractivity contribution in [2.24, 2.45) is 0 Å². The van der Waals surface area contributed by atoms with E-state index in [1.54, 1.807) is 0 Å². The maximum absolute atomic E-state index is 10.8. The predicted octanol–water partition coefficient (Wildman–Crippen LogP) is 5.55. The van der Waals surface area contributed by atoms with Gasteiger partial charge in [0, 0.05) is 16.5 Å². The molecule has 1 N–H and O–H groups in total. The predicted molar refractivity (Wildman–Crippen MR) is 109 cm³/mol. The van der Waals surface area contributed by atoms with Crippen molar-refractivity contribution < 1.29 is 19.0 Å². The largest absolute Gasteiger partial charge is 0.456 e. The summed E-state index contributed by atoms with van der Waals surface area (Å²) in [5, 5.41) is 10.8. The first-order valence-corrected chi connectivity index (χ1v) is 12.6. The van der Waals surface area contributed by atoms with E-state index >= 15 is 0 Å². The van der Waals surface area contributed by atoms with E-state index in [1.165, 1.54) is 0 Å². The standard InChI is InChI=1S/C20H31BrO4Si/c1-12(2)26(13(3)4,14(5)6)25-19-16-11-15(21)7-8-17(16)24-20(19)18(22)9-10-23-20/h7-8,11-14,18-19,22H,9-10H2,1-6H3/t18-,19-,20-/m1/s1. The van der Waals surface area contributed by atoms with Gasteiger partial charge in [-0.2, -0.15) is 0 Å². The topological polar surface area (TPSA) is 47.9 Å². The highest BCUT2D eigenvalue weighted by Gasteiger charge is 2.61. The Morgan fingerprint density at radius 3 is 2.27 bits per heavy atom. The van der Waals surface area contributed by atoms with Crippen molar-refractivity contribution >= 4 is 24.2 Å². The number of fused-ring (bicyclic) bond motifs is 1. The van der Waals surface area contributed by atoms with Crippen LogP contribution in [0, 0.1) is 0 Å². The van der Waals surface area contributed by atoms with Crippen LogP contribution in [0.1, 0.15) is 59.6 Å². The Morgan fingerprint density at radius 2 is 1.77 bits per heavy atom. The maximum Gasteiger partial charge on any atom is 0.266 e. The molecule has 26 heavy (non-hydrogen) atoms. The summed E-state index contributed by atoms with van der Waals surface area (Å²) >= 11 is 3.57. The van der Waals surface area contributed by atoms with Crippen LogP contribution < -0.4 is 4.74 Å². The highest BCUT2D eigenvalue weighted by atomic mass is 79.9. The number of halogens is 1. The molecule has 1 aromatic rings. The summed E-state index contributed by atoms with van der Waals surface area (Å²) in [4.78, 5) is 0. The SMILES string of the molecule is CC(C)[Si](O[C@@H]1c2cc(Br)ccc2O[C@@]12OCC[C@H]2O)(C(C)C)C(C)C. The normalized spacial score (nSPS) is 28.4. The van der Waals surface area contributed by atoms with E-state index in [2.05, 4.69) is 57.5 Å². The van der Waals surface area contributed by atoms with E-state index in [0.29, 0.717) is 29.7 Å². The fraction of sp³-hybridized carbons (Fsp3) is 0.700. The van der Waals surface area contributed by atoms with Gasteiger partial charge in [-0.05, 0) is 34.8 Å². The third-order valence-electron chi connectivity index (χ3n) is 6.10. The second kappa shape index (κ2) is 7.21. The Morgan fingerprint density at radius 1 is 1.15 bits per heavy atom. The molecule has 1 aromatic carbocycles. The smallest absolute Gasteiger partial charge is 0.266 e.